The minimum Gasteiger partial charge on any atom is -0.365 e. The third kappa shape index (κ3) is 4.45. The van der Waals surface area contributed by atoms with Crippen LogP contribution in [0.4, 0.5) is 19.0 Å². The molecule has 2 aromatic heterocycles. The average molecular weight is 454 g/mol. The van der Waals surface area contributed by atoms with Gasteiger partial charge < -0.3 is 5.32 Å². The lowest BCUT2D eigenvalue weighted by Crippen LogP contribution is -2.31. The predicted molar refractivity (Wildman–Crippen MR) is 105 cm³/mol. The van der Waals surface area contributed by atoms with Crippen molar-refractivity contribution in [2.45, 2.75) is 32.0 Å². The second kappa shape index (κ2) is 7.48. The van der Waals surface area contributed by atoms with Crippen molar-refractivity contribution in [3.8, 4) is 5.69 Å². The smallest absolute Gasteiger partial charge is 0.365 e. The van der Waals surface area contributed by atoms with Crippen molar-refractivity contribution in [1.82, 2.24) is 24.2 Å². The van der Waals surface area contributed by atoms with Crippen molar-refractivity contribution < 1.29 is 26.4 Å². The van der Waals surface area contributed by atoms with Crippen LogP contribution in [0.25, 0.3) is 16.9 Å². The Balaban J connectivity index is 1.79. The van der Waals surface area contributed by atoms with E-state index in [1.54, 1.807) is 0 Å². The van der Waals surface area contributed by atoms with Gasteiger partial charge in [0.2, 0.25) is 15.8 Å². The maximum Gasteiger partial charge on any atom is 0.451 e. The number of hydrogen-bond donors (Lipinski definition) is 2. The Kier molecular flexibility index (Phi) is 5.07. The fourth-order valence-corrected chi connectivity index (χ4v) is 3.35. The van der Waals surface area contributed by atoms with Crippen LogP contribution >= 0.6 is 0 Å². The minimum absolute atomic E-state index is 0.0119. The molecule has 3 aromatic rings. The molecule has 1 fully saturated rings. The number of fused-ring (bicyclic) bond motifs is 1. The van der Waals surface area contributed by atoms with E-state index in [9.17, 15) is 26.4 Å². The Morgan fingerprint density at radius 2 is 2.00 bits per heavy atom. The van der Waals surface area contributed by atoms with E-state index >= 15 is 0 Å². The van der Waals surface area contributed by atoms with Crippen molar-refractivity contribution in [2.24, 2.45) is 0 Å². The lowest BCUT2D eigenvalue weighted by Gasteiger charge is -2.11. The summed E-state index contributed by atoms with van der Waals surface area (Å²) in [6.07, 6.45) is -1.84. The molecule has 4 rings (SSSR count). The number of nitrogens with zero attached hydrogens (tertiary/aromatic N) is 4. The number of imidazole rings is 1. The van der Waals surface area contributed by atoms with Gasteiger partial charge in [0.15, 0.2) is 17.0 Å². The van der Waals surface area contributed by atoms with E-state index in [1.807, 2.05) is 4.72 Å². The summed E-state index contributed by atoms with van der Waals surface area (Å²) >= 11 is 0. The van der Waals surface area contributed by atoms with Gasteiger partial charge in [-0.1, -0.05) is 6.07 Å². The number of hydrogen-bond acceptors (Lipinski definition) is 7. The predicted octanol–water partition coefficient (Wildman–Crippen LogP) is 2.49. The van der Waals surface area contributed by atoms with Crippen molar-refractivity contribution in [3.05, 3.63) is 42.0 Å². The second-order valence-corrected chi connectivity index (χ2v) is 8.99. The highest BCUT2D eigenvalue weighted by atomic mass is 32.2. The van der Waals surface area contributed by atoms with Crippen LogP contribution in [-0.4, -0.2) is 45.6 Å². The average Bonchev–Trinajstić information content (AvgIpc) is 3.42. The first-order valence-corrected chi connectivity index (χ1v) is 11.0. The molecular formula is C18H17F3N6O3S. The first-order valence-electron chi connectivity index (χ1n) is 9.31. The Morgan fingerprint density at radius 3 is 2.65 bits per heavy atom. The molecule has 0 aliphatic heterocycles. The molecule has 1 aliphatic rings. The standard InChI is InChI=1S/C18H17F3N6O3S/c1-2-31(29,30)26-16(28)10-4-3-5-12(8-10)27-9-22-13-14(23-11-6-7-11)24-17(18(19,20)21)25-15(13)27/h3-5,8-9,11H,2,6-7H2,1H3,(H,26,28)(H,23,24,25). The molecule has 0 radical (unpaired) electrons. The van der Waals surface area contributed by atoms with Crippen LogP contribution in [0.5, 0.6) is 0 Å². The van der Waals surface area contributed by atoms with E-state index in [0.717, 1.165) is 12.8 Å². The summed E-state index contributed by atoms with van der Waals surface area (Å²) in [4.78, 5) is 23.7. The lowest BCUT2D eigenvalue weighted by molar-refractivity contribution is -0.144. The molecule has 0 spiro atoms. The zero-order valence-electron chi connectivity index (χ0n) is 16.1. The van der Waals surface area contributed by atoms with Crippen molar-refractivity contribution in [2.75, 3.05) is 11.1 Å². The third-order valence-electron chi connectivity index (χ3n) is 4.58. The molecule has 0 bridgehead atoms. The molecule has 0 unspecified atom stereocenters. The Labute approximate surface area is 174 Å². The molecule has 9 nitrogen and oxygen atoms in total. The highest BCUT2D eigenvalue weighted by Gasteiger charge is 2.37. The first kappa shape index (κ1) is 21.0. The van der Waals surface area contributed by atoms with Crippen LogP contribution in [0.1, 0.15) is 35.9 Å². The number of nitrogens with one attached hydrogen (secondary N) is 2. The number of halogens is 3. The van der Waals surface area contributed by atoms with Gasteiger partial charge in [-0.05, 0) is 38.0 Å². The SMILES string of the molecule is CCS(=O)(=O)NC(=O)c1cccc(-n2cnc3c(NC4CC4)nc(C(F)(F)F)nc32)c1. The van der Waals surface area contributed by atoms with Gasteiger partial charge in [-0.25, -0.2) is 28.1 Å². The zero-order valence-corrected chi connectivity index (χ0v) is 17.0. The van der Waals surface area contributed by atoms with E-state index in [0.29, 0.717) is 0 Å². The molecule has 1 aliphatic carbocycles. The summed E-state index contributed by atoms with van der Waals surface area (Å²) in [7, 11) is -3.77. The molecule has 164 valence electrons. The van der Waals surface area contributed by atoms with Crippen LogP contribution in [-0.2, 0) is 16.2 Å². The van der Waals surface area contributed by atoms with Crippen LogP contribution in [0.3, 0.4) is 0 Å². The first-order chi connectivity index (χ1) is 14.6. The Bertz CT molecular complexity index is 1270. The van der Waals surface area contributed by atoms with Crippen LogP contribution in [0.2, 0.25) is 0 Å². The number of benzene rings is 1. The van der Waals surface area contributed by atoms with Crippen LogP contribution in [0.15, 0.2) is 30.6 Å². The second-order valence-electron chi connectivity index (χ2n) is 6.98. The maximum absolute atomic E-state index is 13.4. The van der Waals surface area contributed by atoms with Gasteiger partial charge in [0.1, 0.15) is 6.33 Å². The number of anilines is 1. The highest BCUT2D eigenvalue weighted by Crippen LogP contribution is 2.33. The summed E-state index contributed by atoms with van der Waals surface area (Å²) in [5.74, 6) is -2.46. The molecule has 0 atom stereocenters. The summed E-state index contributed by atoms with van der Waals surface area (Å²) in [5.41, 5.74) is 0.360. The van der Waals surface area contributed by atoms with Gasteiger partial charge in [0.25, 0.3) is 5.91 Å². The molecule has 1 aromatic carbocycles. The largest absolute Gasteiger partial charge is 0.451 e. The highest BCUT2D eigenvalue weighted by molar-refractivity contribution is 7.90. The fraction of sp³-hybridized carbons (Fsp3) is 0.333. The fourth-order valence-electron chi connectivity index (χ4n) is 2.81. The van der Waals surface area contributed by atoms with E-state index in [4.69, 9.17) is 0 Å². The monoisotopic (exact) mass is 454 g/mol. The number of rotatable bonds is 6. The Hall–Kier alpha value is -3.22. The van der Waals surface area contributed by atoms with Gasteiger partial charge in [-0.3, -0.25) is 9.36 Å². The number of aromatic nitrogens is 4. The van der Waals surface area contributed by atoms with Gasteiger partial charge in [-0.2, -0.15) is 13.2 Å². The van der Waals surface area contributed by atoms with Gasteiger partial charge >= 0.3 is 6.18 Å². The normalized spacial score (nSPS) is 14.6. The molecule has 1 saturated carbocycles. The number of carbonyl (C=O) groups excluding carboxylic acids is 1. The van der Waals surface area contributed by atoms with Crippen molar-refractivity contribution in [3.63, 3.8) is 0 Å². The summed E-state index contributed by atoms with van der Waals surface area (Å²) < 4.78 is 66.6. The Morgan fingerprint density at radius 1 is 1.26 bits per heavy atom. The van der Waals surface area contributed by atoms with Gasteiger partial charge in [0.05, 0.1) is 5.75 Å². The summed E-state index contributed by atoms with van der Waals surface area (Å²) in [6, 6.07) is 5.78. The van der Waals surface area contributed by atoms with Crippen molar-refractivity contribution in [1.29, 1.82) is 0 Å². The van der Waals surface area contributed by atoms with Gasteiger partial charge in [-0.15, -0.1) is 0 Å². The maximum atomic E-state index is 13.4. The molecule has 13 heteroatoms. The number of alkyl halides is 3. The quantitative estimate of drug-likeness (QED) is 0.587. The molecule has 0 saturated heterocycles. The van der Waals surface area contributed by atoms with E-state index < -0.39 is 27.9 Å². The topological polar surface area (TPSA) is 119 Å². The summed E-state index contributed by atoms with van der Waals surface area (Å²) in [5, 5.41) is 2.94. The molecular weight excluding hydrogens is 437 g/mol. The molecule has 2 N–H and O–H groups in total. The summed E-state index contributed by atoms with van der Waals surface area (Å²) in [6.45, 7) is 1.38. The van der Waals surface area contributed by atoms with Crippen LogP contribution in [0, 0.1) is 0 Å². The molecule has 31 heavy (non-hydrogen) atoms. The minimum atomic E-state index is -4.76. The lowest BCUT2D eigenvalue weighted by atomic mass is 10.2. The zero-order chi connectivity index (χ0) is 22.4. The van der Waals surface area contributed by atoms with Gasteiger partial charge in [0, 0.05) is 17.3 Å². The van der Waals surface area contributed by atoms with E-state index in [-0.39, 0.29) is 40.0 Å². The van der Waals surface area contributed by atoms with E-state index in [2.05, 4.69) is 20.3 Å². The third-order valence-corrected chi connectivity index (χ3v) is 5.84. The number of sulfonamides is 1. The van der Waals surface area contributed by atoms with Crippen LogP contribution < -0.4 is 10.0 Å². The molecule has 2 heterocycles. The van der Waals surface area contributed by atoms with E-state index in [1.165, 1.54) is 42.1 Å². The number of amides is 1. The van der Waals surface area contributed by atoms with Crippen molar-refractivity contribution >= 4 is 32.9 Å². The molecule has 1 amide bonds. The number of carbonyl (C=O) groups is 1.